The topological polar surface area (TPSA) is 27.7 Å². The Hall–Kier alpha value is -0.480. The van der Waals surface area contributed by atoms with E-state index >= 15 is 0 Å². The molecule has 1 saturated heterocycles. The molecule has 0 spiro atoms. The van der Waals surface area contributed by atoms with Gasteiger partial charge >= 0.3 is 0 Å². The average Bonchev–Trinajstić information content (AvgIpc) is 2.72. The Bertz CT molecular complexity index is 389. The highest BCUT2D eigenvalue weighted by atomic mass is 35.5. The standard InChI is InChI=1S/C12H14Cl2O3/c1-12(16-7-8-17-12)5-6-15-10-4-2-3-9(13)11(10)14/h2-4H,5-8H2,1H3. The van der Waals surface area contributed by atoms with Gasteiger partial charge in [-0.1, -0.05) is 29.3 Å². The molecule has 0 amide bonds. The first-order valence-corrected chi connectivity index (χ1v) is 6.21. The van der Waals surface area contributed by atoms with Gasteiger partial charge in [-0.3, -0.25) is 0 Å². The van der Waals surface area contributed by atoms with Crippen LogP contribution in [0, 0.1) is 0 Å². The van der Waals surface area contributed by atoms with Crippen LogP contribution in [0.5, 0.6) is 5.75 Å². The lowest BCUT2D eigenvalue weighted by molar-refractivity contribution is -0.150. The van der Waals surface area contributed by atoms with Gasteiger partial charge in [0, 0.05) is 6.42 Å². The molecule has 0 N–H and O–H groups in total. The van der Waals surface area contributed by atoms with E-state index in [1.165, 1.54) is 0 Å². The van der Waals surface area contributed by atoms with Crippen LogP contribution >= 0.6 is 23.2 Å². The van der Waals surface area contributed by atoms with Gasteiger partial charge in [0.1, 0.15) is 10.8 Å². The molecule has 3 nitrogen and oxygen atoms in total. The molecule has 0 aromatic heterocycles. The Balaban J connectivity index is 1.88. The van der Waals surface area contributed by atoms with Gasteiger partial charge < -0.3 is 14.2 Å². The van der Waals surface area contributed by atoms with Crippen LogP contribution in [0.1, 0.15) is 13.3 Å². The van der Waals surface area contributed by atoms with Crippen LogP contribution < -0.4 is 4.74 Å². The highest BCUT2D eigenvalue weighted by molar-refractivity contribution is 6.42. The molecule has 1 aliphatic rings. The predicted molar refractivity (Wildman–Crippen MR) is 66.9 cm³/mol. The maximum atomic E-state index is 6.00. The smallest absolute Gasteiger partial charge is 0.168 e. The lowest BCUT2D eigenvalue weighted by Crippen LogP contribution is -2.27. The van der Waals surface area contributed by atoms with Gasteiger partial charge in [-0.2, -0.15) is 0 Å². The first-order chi connectivity index (χ1) is 8.11. The summed E-state index contributed by atoms with van der Waals surface area (Å²) in [5, 5.41) is 0.927. The summed E-state index contributed by atoms with van der Waals surface area (Å²) in [5.74, 6) is 0.0474. The fourth-order valence-electron chi connectivity index (χ4n) is 1.64. The lowest BCUT2D eigenvalue weighted by atomic mass is 10.2. The second kappa shape index (κ2) is 5.44. The van der Waals surface area contributed by atoms with Crippen LogP contribution in [0.2, 0.25) is 10.0 Å². The fourth-order valence-corrected chi connectivity index (χ4v) is 1.99. The van der Waals surface area contributed by atoms with Crippen molar-refractivity contribution in [3.05, 3.63) is 28.2 Å². The third-order valence-electron chi connectivity index (χ3n) is 2.63. The summed E-state index contributed by atoms with van der Waals surface area (Å²) in [6, 6.07) is 5.31. The van der Waals surface area contributed by atoms with E-state index in [0.29, 0.717) is 42.0 Å². The number of halogens is 2. The average molecular weight is 277 g/mol. The molecule has 1 fully saturated rings. The van der Waals surface area contributed by atoms with Crippen LogP contribution in [0.4, 0.5) is 0 Å². The Morgan fingerprint density at radius 3 is 2.71 bits per heavy atom. The van der Waals surface area contributed by atoms with Crippen molar-refractivity contribution in [2.24, 2.45) is 0 Å². The van der Waals surface area contributed by atoms with E-state index in [1.807, 2.05) is 6.92 Å². The summed E-state index contributed by atoms with van der Waals surface area (Å²) in [7, 11) is 0. The molecule has 1 aromatic rings. The summed E-state index contributed by atoms with van der Waals surface area (Å²) >= 11 is 11.9. The van der Waals surface area contributed by atoms with Crippen LogP contribution in [-0.2, 0) is 9.47 Å². The maximum absolute atomic E-state index is 6.00. The number of hydrogen-bond acceptors (Lipinski definition) is 3. The maximum Gasteiger partial charge on any atom is 0.168 e. The molecule has 0 radical (unpaired) electrons. The van der Waals surface area contributed by atoms with Crippen LogP contribution in [0.15, 0.2) is 18.2 Å². The summed E-state index contributed by atoms with van der Waals surface area (Å²) in [6.45, 7) is 3.64. The second-order valence-corrected chi connectivity index (χ2v) is 4.77. The molecule has 0 bridgehead atoms. The lowest BCUT2D eigenvalue weighted by Gasteiger charge is -2.22. The van der Waals surface area contributed by atoms with E-state index in [9.17, 15) is 0 Å². The van der Waals surface area contributed by atoms with Crippen molar-refractivity contribution in [1.29, 1.82) is 0 Å². The minimum Gasteiger partial charge on any atom is -0.492 e. The molecule has 0 atom stereocenters. The third kappa shape index (κ3) is 3.26. The monoisotopic (exact) mass is 276 g/mol. The zero-order chi connectivity index (χ0) is 12.3. The quantitative estimate of drug-likeness (QED) is 0.842. The van der Waals surface area contributed by atoms with Crippen molar-refractivity contribution < 1.29 is 14.2 Å². The van der Waals surface area contributed by atoms with Crippen molar-refractivity contribution in [1.82, 2.24) is 0 Å². The summed E-state index contributed by atoms with van der Waals surface area (Å²) < 4.78 is 16.5. The zero-order valence-electron chi connectivity index (χ0n) is 9.54. The Morgan fingerprint density at radius 2 is 2.00 bits per heavy atom. The van der Waals surface area contributed by atoms with Gasteiger partial charge in [-0.05, 0) is 19.1 Å². The van der Waals surface area contributed by atoms with Crippen molar-refractivity contribution in [3.8, 4) is 5.75 Å². The van der Waals surface area contributed by atoms with Gasteiger partial charge in [0.05, 0.1) is 24.8 Å². The van der Waals surface area contributed by atoms with Crippen LogP contribution in [-0.4, -0.2) is 25.6 Å². The van der Waals surface area contributed by atoms with Crippen LogP contribution in [0.25, 0.3) is 0 Å². The zero-order valence-corrected chi connectivity index (χ0v) is 11.1. The van der Waals surface area contributed by atoms with Crippen molar-refractivity contribution in [2.75, 3.05) is 19.8 Å². The highest BCUT2D eigenvalue weighted by Gasteiger charge is 2.30. The first kappa shape index (κ1) is 13.0. The van der Waals surface area contributed by atoms with Gasteiger partial charge in [-0.25, -0.2) is 0 Å². The first-order valence-electron chi connectivity index (χ1n) is 5.45. The Morgan fingerprint density at radius 1 is 1.29 bits per heavy atom. The normalized spacial score (nSPS) is 18.3. The van der Waals surface area contributed by atoms with E-state index in [4.69, 9.17) is 37.4 Å². The van der Waals surface area contributed by atoms with E-state index < -0.39 is 5.79 Å². The minimum atomic E-state index is -0.537. The summed E-state index contributed by atoms with van der Waals surface area (Å²) in [6.07, 6.45) is 0.649. The number of ether oxygens (including phenoxy) is 3. The Labute approximate surface area is 111 Å². The molecule has 5 heteroatoms. The molecule has 1 aliphatic heterocycles. The van der Waals surface area contributed by atoms with Gasteiger partial charge in [0.2, 0.25) is 0 Å². The Kier molecular flexibility index (Phi) is 4.15. The second-order valence-electron chi connectivity index (χ2n) is 3.98. The summed E-state index contributed by atoms with van der Waals surface area (Å²) in [4.78, 5) is 0. The summed E-state index contributed by atoms with van der Waals surface area (Å²) in [5.41, 5.74) is 0. The predicted octanol–water partition coefficient (Wildman–Crippen LogP) is 3.53. The van der Waals surface area contributed by atoms with Crippen molar-refractivity contribution in [3.63, 3.8) is 0 Å². The molecule has 2 rings (SSSR count). The van der Waals surface area contributed by atoms with E-state index in [2.05, 4.69) is 0 Å². The number of rotatable bonds is 4. The minimum absolute atomic E-state index is 0.438. The van der Waals surface area contributed by atoms with Crippen LogP contribution in [0.3, 0.4) is 0 Å². The van der Waals surface area contributed by atoms with Crippen molar-refractivity contribution in [2.45, 2.75) is 19.1 Å². The van der Waals surface area contributed by atoms with Crippen molar-refractivity contribution >= 4 is 23.2 Å². The largest absolute Gasteiger partial charge is 0.492 e. The number of benzene rings is 1. The van der Waals surface area contributed by atoms with E-state index in [1.54, 1.807) is 18.2 Å². The highest BCUT2D eigenvalue weighted by Crippen LogP contribution is 2.32. The molecular formula is C12H14Cl2O3. The molecule has 1 heterocycles. The van der Waals surface area contributed by atoms with Gasteiger partial charge in [-0.15, -0.1) is 0 Å². The molecule has 1 aromatic carbocycles. The molecule has 0 unspecified atom stereocenters. The molecule has 0 aliphatic carbocycles. The SMILES string of the molecule is CC1(CCOc2cccc(Cl)c2Cl)OCCO1. The molecule has 0 saturated carbocycles. The van der Waals surface area contributed by atoms with Gasteiger partial charge in [0.25, 0.3) is 0 Å². The third-order valence-corrected chi connectivity index (χ3v) is 3.43. The molecule has 17 heavy (non-hydrogen) atoms. The molecule has 94 valence electrons. The van der Waals surface area contributed by atoms with E-state index in [0.717, 1.165) is 0 Å². The van der Waals surface area contributed by atoms with Gasteiger partial charge in [0.15, 0.2) is 5.79 Å². The van der Waals surface area contributed by atoms with E-state index in [-0.39, 0.29) is 0 Å². The molecular weight excluding hydrogens is 263 g/mol. The number of hydrogen-bond donors (Lipinski definition) is 0. The fraction of sp³-hybridized carbons (Fsp3) is 0.500.